The van der Waals surface area contributed by atoms with E-state index in [-0.39, 0.29) is 12.5 Å². The van der Waals surface area contributed by atoms with Crippen molar-refractivity contribution in [1.82, 2.24) is 9.88 Å². The molecule has 0 aliphatic carbocycles. The van der Waals surface area contributed by atoms with Crippen molar-refractivity contribution in [1.29, 1.82) is 0 Å². The number of ether oxygens (including phenoxy) is 2. The molecule has 7 heteroatoms. The van der Waals surface area contributed by atoms with Gasteiger partial charge in [0.2, 0.25) is 6.10 Å². The van der Waals surface area contributed by atoms with Crippen LogP contribution >= 0.6 is 11.3 Å². The Hall–Kier alpha value is -2.80. The van der Waals surface area contributed by atoms with Crippen LogP contribution in [0, 0.1) is 6.92 Å². The van der Waals surface area contributed by atoms with Crippen molar-refractivity contribution in [3.63, 3.8) is 0 Å². The summed E-state index contributed by atoms with van der Waals surface area (Å²) in [4.78, 5) is 21.8. The molecular formula is C21H21N3O3S. The Balaban J connectivity index is 1.24. The second kappa shape index (κ2) is 6.98. The average molecular weight is 395 g/mol. The second-order valence-corrected chi connectivity index (χ2v) is 8.10. The standard InChI is InChI=1S/C21H21N3O3S/c1-14-5-4-8-18-19(14)22-21(28-18)24-11-9-23(10-12-24)20(25)17-13-26-15-6-2-3-7-16(15)27-17/h2-8,17H,9-13H2,1H3/t17-/m1/s1. The van der Waals surface area contributed by atoms with Gasteiger partial charge in [0.05, 0.1) is 10.2 Å². The lowest BCUT2D eigenvalue weighted by atomic mass is 10.2. The smallest absolute Gasteiger partial charge is 0.267 e. The second-order valence-electron chi connectivity index (χ2n) is 7.09. The molecule has 1 saturated heterocycles. The van der Waals surface area contributed by atoms with E-state index in [2.05, 4.69) is 30.0 Å². The van der Waals surface area contributed by atoms with E-state index in [1.807, 2.05) is 29.2 Å². The summed E-state index contributed by atoms with van der Waals surface area (Å²) in [5, 5.41) is 1.03. The summed E-state index contributed by atoms with van der Waals surface area (Å²) in [5.41, 5.74) is 2.27. The van der Waals surface area contributed by atoms with E-state index in [1.54, 1.807) is 11.3 Å². The lowest BCUT2D eigenvalue weighted by Gasteiger charge is -2.37. The molecule has 5 rings (SSSR count). The number of piperazine rings is 1. The number of aryl methyl sites for hydroxylation is 1. The van der Waals surface area contributed by atoms with Crippen LogP contribution in [0.15, 0.2) is 42.5 Å². The summed E-state index contributed by atoms with van der Waals surface area (Å²) in [6, 6.07) is 13.7. The minimum absolute atomic E-state index is 0.00528. The zero-order chi connectivity index (χ0) is 19.1. The van der Waals surface area contributed by atoms with E-state index in [9.17, 15) is 4.79 Å². The first-order valence-corrected chi connectivity index (χ1v) is 10.3. The molecule has 0 saturated carbocycles. The number of fused-ring (bicyclic) bond motifs is 2. The van der Waals surface area contributed by atoms with Gasteiger partial charge in [-0.3, -0.25) is 4.79 Å². The van der Waals surface area contributed by atoms with Crippen LogP contribution in [0.3, 0.4) is 0 Å². The molecular weight excluding hydrogens is 374 g/mol. The molecule has 2 aliphatic rings. The number of thiazole rings is 1. The normalized spacial score (nSPS) is 19.1. The summed E-state index contributed by atoms with van der Waals surface area (Å²) in [7, 11) is 0. The first-order valence-electron chi connectivity index (χ1n) is 9.47. The van der Waals surface area contributed by atoms with Crippen LogP contribution in [-0.4, -0.2) is 54.7 Å². The number of anilines is 1. The highest BCUT2D eigenvalue weighted by molar-refractivity contribution is 7.22. The monoisotopic (exact) mass is 395 g/mol. The number of aromatic nitrogens is 1. The summed E-state index contributed by atoms with van der Waals surface area (Å²) in [6.07, 6.45) is -0.577. The Morgan fingerprint density at radius 1 is 1.07 bits per heavy atom. The van der Waals surface area contributed by atoms with Gasteiger partial charge in [-0.2, -0.15) is 0 Å². The molecule has 144 valence electrons. The van der Waals surface area contributed by atoms with Crippen LogP contribution in [0.25, 0.3) is 10.2 Å². The van der Waals surface area contributed by atoms with E-state index >= 15 is 0 Å². The molecule has 3 aromatic rings. The number of carbonyl (C=O) groups excluding carboxylic acids is 1. The van der Waals surface area contributed by atoms with Crippen LogP contribution < -0.4 is 14.4 Å². The molecule has 2 aliphatic heterocycles. The number of amides is 1. The van der Waals surface area contributed by atoms with Crippen LogP contribution in [0.5, 0.6) is 11.5 Å². The molecule has 1 atom stereocenters. The predicted octanol–water partition coefficient (Wildman–Crippen LogP) is 3.09. The largest absolute Gasteiger partial charge is 0.485 e. The molecule has 6 nitrogen and oxygen atoms in total. The van der Waals surface area contributed by atoms with Crippen molar-refractivity contribution < 1.29 is 14.3 Å². The quantitative estimate of drug-likeness (QED) is 0.667. The summed E-state index contributed by atoms with van der Waals surface area (Å²) >= 11 is 1.71. The number of para-hydroxylation sites is 3. The van der Waals surface area contributed by atoms with Gasteiger partial charge in [0.1, 0.15) is 6.61 Å². The SMILES string of the molecule is Cc1cccc2sc(N3CCN(C(=O)[C@H]4COc5ccccc5O4)CC3)nc12. The highest BCUT2D eigenvalue weighted by Crippen LogP contribution is 2.33. The lowest BCUT2D eigenvalue weighted by Crippen LogP contribution is -2.54. The molecule has 1 fully saturated rings. The van der Waals surface area contributed by atoms with Crippen LogP contribution in [-0.2, 0) is 4.79 Å². The Kier molecular flexibility index (Phi) is 4.31. The number of rotatable bonds is 2. The molecule has 0 radical (unpaired) electrons. The van der Waals surface area contributed by atoms with Gasteiger partial charge in [-0.05, 0) is 30.7 Å². The Morgan fingerprint density at radius 3 is 2.64 bits per heavy atom. The van der Waals surface area contributed by atoms with Crippen molar-refractivity contribution in [2.24, 2.45) is 0 Å². The zero-order valence-electron chi connectivity index (χ0n) is 15.6. The molecule has 2 aromatic carbocycles. The third-order valence-corrected chi connectivity index (χ3v) is 6.34. The molecule has 28 heavy (non-hydrogen) atoms. The highest BCUT2D eigenvalue weighted by atomic mass is 32.1. The Labute approximate surface area is 167 Å². The number of hydrogen-bond acceptors (Lipinski definition) is 6. The molecule has 1 aromatic heterocycles. The van der Waals surface area contributed by atoms with Crippen LogP contribution in [0.4, 0.5) is 5.13 Å². The summed E-state index contributed by atoms with van der Waals surface area (Å²) < 4.78 is 12.8. The maximum Gasteiger partial charge on any atom is 0.267 e. The minimum atomic E-state index is -0.577. The van der Waals surface area contributed by atoms with Gasteiger partial charge in [-0.25, -0.2) is 4.98 Å². The van der Waals surface area contributed by atoms with Crippen LogP contribution in [0.1, 0.15) is 5.56 Å². The van der Waals surface area contributed by atoms with Gasteiger partial charge >= 0.3 is 0 Å². The third kappa shape index (κ3) is 3.05. The van der Waals surface area contributed by atoms with Gasteiger partial charge in [-0.15, -0.1) is 0 Å². The number of carbonyl (C=O) groups is 1. The molecule has 3 heterocycles. The van der Waals surface area contributed by atoms with Gasteiger partial charge in [0.15, 0.2) is 16.6 Å². The number of nitrogens with zero attached hydrogens (tertiary/aromatic N) is 3. The average Bonchev–Trinajstić information content (AvgIpc) is 3.19. The van der Waals surface area contributed by atoms with Gasteiger partial charge in [0.25, 0.3) is 5.91 Å². The lowest BCUT2D eigenvalue weighted by molar-refractivity contribution is -0.141. The van der Waals surface area contributed by atoms with E-state index in [0.29, 0.717) is 24.6 Å². The molecule has 0 bridgehead atoms. The molecule has 0 unspecified atom stereocenters. The van der Waals surface area contributed by atoms with Gasteiger partial charge in [-0.1, -0.05) is 35.6 Å². The number of hydrogen-bond donors (Lipinski definition) is 0. The highest BCUT2D eigenvalue weighted by Gasteiger charge is 2.33. The van der Waals surface area contributed by atoms with E-state index in [4.69, 9.17) is 14.5 Å². The zero-order valence-corrected chi connectivity index (χ0v) is 16.4. The fraction of sp³-hybridized carbons (Fsp3) is 0.333. The Bertz CT molecular complexity index is 1030. The topological polar surface area (TPSA) is 54.9 Å². The van der Waals surface area contributed by atoms with Crippen molar-refractivity contribution in [2.75, 3.05) is 37.7 Å². The first kappa shape index (κ1) is 17.3. The minimum Gasteiger partial charge on any atom is -0.485 e. The first-order chi connectivity index (χ1) is 13.7. The fourth-order valence-corrected chi connectivity index (χ4v) is 4.77. The third-order valence-electron chi connectivity index (χ3n) is 5.26. The summed E-state index contributed by atoms with van der Waals surface area (Å²) in [5.74, 6) is 1.33. The van der Waals surface area contributed by atoms with Gasteiger partial charge in [0, 0.05) is 26.2 Å². The number of benzene rings is 2. The van der Waals surface area contributed by atoms with Crippen molar-refractivity contribution in [3.8, 4) is 11.5 Å². The summed E-state index contributed by atoms with van der Waals surface area (Å²) in [6.45, 7) is 5.22. The van der Waals surface area contributed by atoms with Crippen molar-refractivity contribution >= 4 is 32.6 Å². The van der Waals surface area contributed by atoms with E-state index in [0.717, 1.165) is 23.7 Å². The van der Waals surface area contributed by atoms with Crippen molar-refractivity contribution in [2.45, 2.75) is 13.0 Å². The molecule has 1 amide bonds. The maximum atomic E-state index is 12.9. The van der Waals surface area contributed by atoms with E-state index in [1.165, 1.54) is 10.3 Å². The molecule has 0 N–H and O–H groups in total. The Morgan fingerprint density at radius 2 is 1.86 bits per heavy atom. The van der Waals surface area contributed by atoms with Crippen molar-refractivity contribution in [3.05, 3.63) is 48.0 Å². The molecule has 0 spiro atoms. The maximum absolute atomic E-state index is 12.9. The van der Waals surface area contributed by atoms with Crippen LogP contribution in [0.2, 0.25) is 0 Å². The van der Waals surface area contributed by atoms with Gasteiger partial charge < -0.3 is 19.3 Å². The predicted molar refractivity (Wildman–Crippen MR) is 110 cm³/mol. The van der Waals surface area contributed by atoms with E-state index < -0.39 is 6.10 Å². The fourth-order valence-electron chi connectivity index (χ4n) is 3.67.